The van der Waals surface area contributed by atoms with Crippen LogP contribution in [-0.4, -0.2) is 36.0 Å². The number of carbonyl (C=O) groups is 2. The van der Waals surface area contributed by atoms with E-state index in [2.05, 4.69) is 10.6 Å². The fourth-order valence-electron chi connectivity index (χ4n) is 1.98. The lowest BCUT2D eigenvalue weighted by Crippen LogP contribution is -2.42. The summed E-state index contributed by atoms with van der Waals surface area (Å²) in [5, 5.41) is 23.0. The van der Waals surface area contributed by atoms with Crippen LogP contribution in [0.5, 0.6) is 0 Å². The summed E-state index contributed by atoms with van der Waals surface area (Å²) in [4.78, 5) is 22.9. The van der Waals surface area contributed by atoms with Crippen molar-refractivity contribution in [3.63, 3.8) is 0 Å². The molecule has 9 nitrogen and oxygen atoms in total. The van der Waals surface area contributed by atoms with Gasteiger partial charge in [-0.1, -0.05) is 19.9 Å². The number of rotatable bonds is 8. The number of carbonyl (C=O) groups excluding carboxylic acids is 1. The van der Waals surface area contributed by atoms with Crippen LogP contribution in [0.4, 0.5) is 5.69 Å². The van der Waals surface area contributed by atoms with Crippen molar-refractivity contribution in [2.45, 2.75) is 31.2 Å². The number of aliphatic carboxylic acids is 1. The second-order valence-electron chi connectivity index (χ2n) is 5.81. The SMILES string of the molecule is CC(C)CC(NC(=O)/C(C#N)=C\Nc1cccc(S(=O)(=O)O)c1)C(=O)O. The summed E-state index contributed by atoms with van der Waals surface area (Å²) in [5.74, 6) is -2.07. The second kappa shape index (κ2) is 8.98. The summed E-state index contributed by atoms with van der Waals surface area (Å²) < 4.78 is 31.2. The standard InChI is InChI=1S/C16H19N3O6S/c1-10(2)6-14(16(21)22)19-15(20)11(8-17)9-18-12-4-3-5-13(7-12)26(23,24)25/h3-5,7,9-10,14,18H,6H2,1-2H3,(H,19,20)(H,21,22)(H,23,24,25)/b11-9-. The van der Waals surface area contributed by atoms with Crippen molar-refractivity contribution in [2.75, 3.05) is 5.32 Å². The third-order valence-electron chi connectivity index (χ3n) is 3.19. The number of amides is 1. The molecule has 0 aromatic heterocycles. The molecule has 0 saturated heterocycles. The van der Waals surface area contributed by atoms with Gasteiger partial charge in [0.05, 0.1) is 4.90 Å². The fraction of sp³-hybridized carbons (Fsp3) is 0.312. The van der Waals surface area contributed by atoms with Gasteiger partial charge < -0.3 is 15.7 Å². The Morgan fingerprint density at radius 1 is 1.35 bits per heavy atom. The number of carboxylic acids is 1. The Labute approximate surface area is 151 Å². The highest BCUT2D eigenvalue weighted by atomic mass is 32.2. The molecule has 0 aliphatic rings. The van der Waals surface area contributed by atoms with E-state index in [1.165, 1.54) is 18.2 Å². The summed E-state index contributed by atoms with van der Waals surface area (Å²) >= 11 is 0. The van der Waals surface area contributed by atoms with Crippen molar-refractivity contribution in [1.82, 2.24) is 5.32 Å². The molecule has 1 aromatic carbocycles. The van der Waals surface area contributed by atoms with Crippen LogP contribution in [0.1, 0.15) is 20.3 Å². The molecule has 0 bridgehead atoms. The van der Waals surface area contributed by atoms with Crippen LogP contribution in [0.15, 0.2) is 40.9 Å². The molecule has 26 heavy (non-hydrogen) atoms. The van der Waals surface area contributed by atoms with E-state index >= 15 is 0 Å². The van der Waals surface area contributed by atoms with Gasteiger partial charge in [0.2, 0.25) is 0 Å². The highest BCUT2D eigenvalue weighted by Crippen LogP contribution is 2.15. The molecule has 140 valence electrons. The number of benzene rings is 1. The van der Waals surface area contributed by atoms with E-state index in [1.807, 2.05) is 0 Å². The van der Waals surface area contributed by atoms with Gasteiger partial charge in [0.25, 0.3) is 16.0 Å². The Hall–Kier alpha value is -2.90. The number of hydrogen-bond donors (Lipinski definition) is 4. The van der Waals surface area contributed by atoms with E-state index in [0.29, 0.717) is 0 Å². The molecular formula is C16H19N3O6S. The number of anilines is 1. The predicted octanol–water partition coefficient (Wildman–Crippen LogP) is 1.37. The van der Waals surface area contributed by atoms with Gasteiger partial charge in [0, 0.05) is 11.9 Å². The lowest BCUT2D eigenvalue weighted by Gasteiger charge is -2.16. The van der Waals surface area contributed by atoms with Gasteiger partial charge in [0.1, 0.15) is 17.7 Å². The number of hydrogen-bond acceptors (Lipinski definition) is 6. The van der Waals surface area contributed by atoms with Crippen LogP contribution in [-0.2, 0) is 19.7 Å². The molecule has 0 spiro atoms. The molecule has 0 radical (unpaired) electrons. The zero-order valence-corrected chi connectivity index (χ0v) is 14.9. The summed E-state index contributed by atoms with van der Waals surface area (Å²) in [7, 11) is -4.39. The zero-order chi connectivity index (χ0) is 19.9. The first kappa shape index (κ1) is 21.1. The molecule has 0 saturated carbocycles. The first-order chi connectivity index (χ1) is 12.0. The van der Waals surface area contributed by atoms with Gasteiger partial charge in [-0.25, -0.2) is 4.79 Å². The Bertz CT molecular complexity index is 855. The lowest BCUT2D eigenvalue weighted by atomic mass is 10.0. The molecule has 10 heteroatoms. The highest BCUT2D eigenvalue weighted by molar-refractivity contribution is 7.85. The minimum absolute atomic E-state index is 0.0206. The van der Waals surface area contributed by atoms with E-state index in [1.54, 1.807) is 19.9 Å². The Balaban J connectivity index is 2.93. The summed E-state index contributed by atoms with van der Waals surface area (Å²) in [6, 6.07) is 5.60. The van der Waals surface area contributed by atoms with Crippen LogP contribution >= 0.6 is 0 Å². The van der Waals surface area contributed by atoms with Crippen LogP contribution < -0.4 is 10.6 Å². The fourth-order valence-corrected chi connectivity index (χ4v) is 2.51. The van der Waals surface area contributed by atoms with Crippen LogP contribution in [0.2, 0.25) is 0 Å². The van der Waals surface area contributed by atoms with Crippen molar-refractivity contribution >= 4 is 27.7 Å². The van der Waals surface area contributed by atoms with Crippen LogP contribution in [0, 0.1) is 17.2 Å². The molecule has 4 N–H and O–H groups in total. The van der Waals surface area contributed by atoms with E-state index in [-0.39, 0.29) is 22.9 Å². The molecule has 0 fully saturated rings. The maximum absolute atomic E-state index is 12.1. The van der Waals surface area contributed by atoms with Crippen molar-refractivity contribution in [3.8, 4) is 6.07 Å². The van der Waals surface area contributed by atoms with Gasteiger partial charge in [0.15, 0.2) is 0 Å². The monoisotopic (exact) mass is 381 g/mol. The minimum atomic E-state index is -4.39. The number of carboxylic acid groups (broad SMARTS) is 1. The Kier molecular flexibility index (Phi) is 7.30. The topological polar surface area (TPSA) is 157 Å². The van der Waals surface area contributed by atoms with Gasteiger partial charge in [-0.15, -0.1) is 0 Å². The number of nitriles is 1. The van der Waals surface area contributed by atoms with Gasteiger partial charge >= 0.3 is 5.97 Å². The molecule has 1 rings (SSSR count). The summed E-state index contributed by atoms with van der Waals surface area (Å²) in [6.45, 7) is 3.60. The maximum atomic E-state index is 12.1. The molecule has 0 heterocycles. The van der Waals surface area contributed by atoms with E-state index in [4.69, 9.17) is 14.9 Å². The van der Waals surface area contributed by atoms with Crippen molar-refractivity contribution in [1.29, 1.82) is 5.26 Å². The van der Waals surface area contributed by atoms with Gasteiger partial charge in [-0.05, 0) is 30.5 Å². The van der Waals surface area contributed by atoms with E-state index < -0.39 is 33.6 Å². The van der Waals surface area contributed by atoms with Crippen molar-refractivity contribution < 1.29 is 27.7 Å². The molecule has 1 atom stereocenters. The molecule has 1 amide bonds. The smallest absolute Gasteiger partial charge is 0.326 e. The second-order valence-corrected chi connectivity index (χ2v) is 7.23. The van der Waals surface area contributed by atoms with Gasteiger partial charge in [-0.3, -0.25) is 9.35 Å². The average molecular weight is 381 g/mol. The third-order valence-corrected chi connectivity index (χ3v) is 4.04. The van der Waals surface area contributed by atoms with Crippen molar-refractivity contribution in [3.05, 3.63) is 36.0 Å². The van der Waals surface area contributed by atoms with Crippen LogP contribution in [0.25, 0.3) is 0 Å². The molecule has 1 aromatic rings. The molecular weight excluding hydrogens is 362 g/mol. The zero-order valence-electron chi connectivity index (χ0n) is 14.1. The highest BCUT2D eigenvalue weighted by Gasteiger charge is 2.22. The molecule has 1 unspecified atom stereocenters. The Morgan fingerprint density at radius 2 is 2.00 bits per heavy atom. The lowest BCUT2D eigenvalue weighted by molar-refractivity contribution is -0.141. The maximum Gasteiger partial charge on any atom is 0.326 e. The van der Waals surface area contributed by atoms with Gasteiger partial charge in [-0.2, -0.15) is 13.7 Å². The first-order valence-corrected chi connectivity index (χ1v) is 8.96. The van der Waals surface area contributed by atoms with Crippen molar-refractivity contribution in [2.24, 2.45) is 5.92 Å². The summed E-state index contributed by atoms with van der Waals surface area (Å²) in [5.41, 5.74) is -0.185. The molecule has 0 aliphatic heterocycles. The van der Waals surface area contributed by atoms with E-state index in [9.17, 15) is 18.0 Å². The first-order valence-electron chi connectivity index (χ1n) is 7.52. The summed E-state index contributed by atoms with van der Waals surface area (Å²) in [6.07, 6.45) is 1.22. The molecule has 0 aliphatic carbocycles. The quantitative estimate of drug-likeness (QED) is 0.299. The van der Waals surface area contributed by atoms with E-state index in [0.717, 1.165) is 12.3 Å². The average Bonchev–Trinajstić information content (AvgIpc) is 2.53. The minimum Gasteiger partial charge on any atom is -0.480 e. The number of nitrogens with zero attached hydrogens (tertiary/aromatic N) is 1. The largest absolute Gasteiger partial charge is 0.480 e. The van der Waals surface area contributed by atoms with Crippen LogP contribution in [0.3, 0.4) is 0 Å². The number of nitrogens with one attached hydrogen (secondary N) is 2. The normalized spacial score (nSPS) is 13.0. The third kappa shape index (κ3) is 6.54. The predicted molar refractivity (Wildman–Crippen MR) is 92.6 cm³/mol. The Morgan fingerprint density at radius 3 is 2.50 bits per heavy atom.